The maximum atomic E-state index is 12.2. The Bertz CT molecular complexity index is 743. The van der Waals surface area contributed by atoms with E-state index in [2.05, 4.69) is 35.0 Å². The van der Waals surface area contributed by atoms with Crippen LogP contribution in [-0.2, 0) is 4.74 Å². The minimum Gasteiger partial charge on any atom is -0.444 e. The number of carbonyl (C=O) groups is 1. The first-order valence-corrected chi connectivity index (χ1v) is 11.5. The molecule has 0 spiro atoms. The van der Waals surface area contributed by atoms with Crippen LogP contribution in [0.1, 0.15) is 27.2 Å². The number of piperazine rings is 2. The first-order chi connectivity index (χ1) is 15.4. The highest BCUT2D eigenvalue weighted by atomic mass is 127. The van der Waals surface area contributed by atoms with Gasteiger partial charge in [0, 0.05) is 78.3 Å². The molecule has 1 aromatic rings. The zero-order valence-electron chi connectivity index (χ0n) is 20.4. The molecule has 11 heteroatoms. The lowest BCUT2D eigenvalue weighted by atomic mass is 10.2. The van der Waals surface area contributed by atoms with Gasteiger partial charge in [0.1, 0.15) is 5.60 Å². The van der Waals surface area contributed by atoms with Crippen LogP contribution in [0.25, 0.3) is 0 Å². The quantitative estimate of drug-likeness (QED) is 0.246. The van der Waals surface area contributed by atoms with Crippen LogP contribution in [0.3, 0.4) is 0 Å². The predicted molar refractivity (Wildman–Crippen MR) is 141 cm³/mol. The van der Waals surface area contributed by atoms with Crippen LogP contribution < -0.4 is 10.2 Å². The van der Waals surface area contributed by atoms with Crippen molar-refractivity contribution in [1.29, 1.82) is 0 Å². The van der Waals surface area contributed by atoms with Gasteiger partial charge in [0.05, 0.1) is 0 Å². The average molecular weight is 575 g/mol. The number of aromatic nitrogens is 2. The number of hydrogen-bond acceptors (Lipinski definition) is 7. The smallest absolute Gasteiger partial charge is 0.410 e. The Kier molecular flexibility index (Phi) is 10.9. The van der Waals surface area contributed by atoms with Gasteiger partial charge in [0.15, 0.2) is 5.96 Å². The number of guanidine groups is 1. The van der Waals surface area contributed by atoms with Gasteiger partial charge < -0.3 is 24.8 Å². The Morgan fingerprint density at radius 1 is 1.03 bits per heavy atom. The number of anilines is 1. The summed E-state index contributed by atoms with van der Waals surface area (Å²) in [6.07, 6.45) is 4.39. The number of amides is 1. The molecule has 2 aliphatic rings. The molecule has 2 saturated heterocycles. The van der Waals surface area contributed by atoms with Crippen LogP contribution in [0.15, 0.2) is 23.5 Å². The van der Waals surface area contributed by atoms with Gasteiger partial charge in [-0.25, -0.2) is 14.8 Å². The van der Waals surface area contributed by atoms with E-state index in [1.165, 1.54) is 0 Å². The molecule has 0 aliphatic carbocycles. The number of ether oxygens (including phenoxy) is 1. The third-order valence-corrected chi connectivity index (χ3v) is 5.58. The number of rotatable bonds is 5. The lowest BCUT2D eigenvalue weighted by molar-refractivity contribution is 0.0145. The highest BCUT2D eigenvalue weighted by Crippen LogP contribution is 2.12. The molecule has 3 heterocycles. The minimum atomic E-state index is -0.444. The van der Waals surface area contributed by atoms with Crippen molar-refractivity contribution in [3.63, 3.8) is 0 Å². The van der Waals surface area contributed by atoms with E-state index in [4.69, 9.17) is 4.74 Å². The summed E-state index contributed by atoms with van der Waals surface area (Å²) in [7, 11) is 1.84. The van der Waals surface area contributed by atoms with E-state index in [-0.39, 0.29) is 30.1 Å². The van der Waals surface area contributed by atoms with E-state index in [1.54, 1.807) is 12.4 Å². The first-order valence-electron chi connectivity index (χ1n) is 11.5. The van der Waals surface area contributed by atoms with Gasteiger partial charge in [-0.3, -0.25) is 9.89 Å². The molecule has 0 radical (unpaired) electrons. The van der Waals surface area contributed by atoms with E-state index in [0.29, 0.717) is 0 Å². The SMILES string of the molecule is CN=C(NCCCN1CCN(C(=O)OC(C)(C)C)CC1)N1CCN(c2ncccn2)CC1.I. The summed E-state index contributed by atoms with van der Waals surface area (Å²) in [4.78, 5) is 34.1. The van der Waals surface area contributed by atoms with Gasteiger partial charge >= 0.3 is 6.09 Å². The molecule has 0 atom stereocenters. The molecule has 1 aromatic heterocycles. The van der Waals surface area contributed by atoms with Crippen molar-refractivity contribution < 1.29 is 9.53 Å². The maximum Gasteiger partial charge on any atom is 0.410 e. The molecule has 1 amide bonds. The highest BCUT2D eigenvalue weighted by molar-refractivity contribution is 14.0. The standard InChI is InChI=1S/C22H38N8O2.HI/c1-22(2,3)32-21(31)30-13-11-27(12-14-30)10-6-9-24-19(23-4)28-15-17-29(18-16-28)20-25-7-5-8-26-20;/h5,7-8H,6,9-18H2,1-4H3,(H,23,24);1H. The maximum absolute atomic E-state index is 12.2. The van der Waals surface area contributed by atoms with E-state index < -0.39 is 5.60 Å². The third kappa shape index (κ3) is 8.76. The molecule has 0 bridgehead atoms. The van der Waals surface area contributed by atoms with Crippen LogP contribution >= 0.6 is 24.0 Å². The van der Waals surface area contributed by atoms with Crippen molar-refractivity contribution in [3.05, 3.63) is 18.5 Å². The molecule has 186 valence electrons. The van der Waals surface area contributed by atoms with Crippen molar-refractivity contribution in [3.8, 4) is 0 Å². The van der Waals surface area contributed by atoms with Gasteiger partial charge in [0.25, 0.3) is 0 Å². The Balaban J connectivity index is 0.00000385. The van der Waals surface area contributed by atoms with E-state index in [9.17, 15) is 4.79 Å². The number of halogens is 1. The fraction of sp³-hybridized carbons (Fsp3) is 0.727. The summed E-state index contributed by atoms with van der Waals surface area (Å²) >= 11 is 0. The predicted octanol–water partition coefficient (Wildman–Crippen LogP) is 1.73. The first kappa shape index (κ1) is 27.4. The topological polar surface area (TPSA) is 89.4 Å². The van der Waals surface area contributed by atoms with Crippen molar-refractivity contribution in [2.75, 3.05) is 77.4 Å². The van der Waals surface area contributed by atoms with Gasteiger partial charge in [-0.15, -0.1) is 24.0 Å². The summed E-state index contributed by atoms with van der Waals surface area (Å²) in [5.41, 5.74) is -0.444. The van der Waals surface area contributed by atoms with E-state index >= 15 is 0 Å². The summed E-state index contributed by atoms with van der Waals surface area (Å²) in [5.74, 6) is 1.75. The van der Waals surface area contributed by atoms with Crippen LogP contribution in [0, 0.1) is 0 Å². The highest BCUT2D eigenvalue weighted by Gasteiger charge is 2.26. The van der Waals surface area contributed by atoms with Crippen molar-refractivity contribution in [2.24, 2.45) is 4.99 Å². The fourth-order valence-corrected chi connectivity index (χ4v) is 3.89. The molecule has 2 aliphatic heterocycles. The Labute approximate surface area is 214 Å². The molecule has 1 N–H and O–H groups in total. The lowest BCUT2D eigenvalue weighted by Crippen LogP contribution is -2.53. The van der Waals surface area contributed by atoms with Gasteiger partial charge in [-0.1, -0.05) is 0 Å². The zero-order chi connectivity index (χ0) is 23.0. The Morgan fingerprint density at radius 2 is 1.64 bits per heavy atom. The van der Waals surface area contributed by atoms with Crippen molar-refractivity contribution in [1.82, 2.24) is 30.0 Å². The van der Waals surface area contributed by atoms with E-state index in [0.717, 1.165) is 83.8 Å². The van der Waals surface area contributed by atoms with Crippen molar-refractivity contribution in [2.45, 2.75) is 32.8 Å². The zero-order valence-corrected chi connectivity index (χ0v) is 22.7. The number of nitrogens with one attached hydrogen (secondary N) is 1. The second-order valence-corrected chi connectivity index (χ2v) is 9.16. The number of carbonyl (C=O) groups excluding carboxylic acids is 1. The molecule has 33 heavy (non-hydrogen) atoms. The summed E-state index contributed by atoms with van der Waals surface area (Å²) in [5, 5.41) is 3.50. The molecule has 0 saturated carbocycles. The third-order valence-electron chi connectivity index (χ3n) is 5.58. The average Bonchev–Trinajstić information content (AvgIpc) is 2.79. The Morgan fingerprint density at radius 3 is 2.21 bits per heavy atom. The second-order valence-electron chi connectivity index (χ2n) is 9.16. The molecule has 2 fully saturated rings. The summed E-state index contributed by atoms with van der Waals surface area (Å²) in [6, 6.07) is 1.84. The number of hydrogen-bond donors (Lipinski definition) is 1. The van der Waals surface area contributed by atoms with Gasteiger partial charge in [-0.2, -0.15) is 0 Å². The molecule has 10 nitrogen and oxygen atoms in total. The number of aliphatic imine (C=N–C) groups is 1. The van der Waals surface area contributed by atoms with Crippen LogP contribution in [-0.4, -0.2) is 115 Å². The van der Waals surface area contributed by atoms with Gasteiger partial charge in [-0.05, 0) is 39.8 Å². The molecular weight excluding hydrogens is 535 g/mol. The number of nitrogens with zero attached hydrogens (tertiary/aromatic N) is 7. The van der Waals surface area contributed by atoms with Crippen LogP contribution in [0.5, 0.6) is 0 Å². The van der Waals surface area contributed by atoms with Gasteiger partial charge in [0.2, 0.25) is 5.95 Å². The molecular formula is C22H39IN8O2. The molecule has 0 unspecified atom stereocenters. The molecule has 3 rings (SSSR count). The van der Waals surface area contributed by atoms with Crippen LogP contribution in [0.2, 0.25) is 0 Å². The normalized spacial score (nSPS) is 18.1. The fourth-order valence-electron chi connectivity index (χ4n) is 3.89. The monoisotopic (exact) mass is 574 g/mol. The second kappa shape index (κ2) is 13.1. The van der Waals surface area contributed by atoms with Crippen LogP contribution in [0.4, 0.5) is 10.7 Å². The summed E-state index contributed by atoms with van der Waals surface area (Å²) < 4.78 is 5.47. The minimum absolute atomic E-state index is 0. The summed E-state index contributed by atoms with van der Waals surface area (Å²) in [6.45, 7) is 14.4. The Hall–Kier alpha value is -1.89. The lowest BCUT2D eigenvalue weighted by Gasteiger charge is -2.37. The van der Waals surface area contributed by atoms with E-state index in [1.807, 2.05) is 38.8 Å². The van der Waals surface area contributed by atoms with Crippen molar-refractivity contribution >= 4 is 42.0 Å². The molecule has 0 aromatic carbocycles. The largest absolute Gasteiger partial charge is 0.444 e.